The molecule has 0 aliphatic carbocycles. The fourth-order valence-corrected chi connectivity index (χ4v) is 1.64. The summed E-state index contributed by atoms with van der Waals surface area (Å²) in [5.74, 6) is 0.868. The predicted octanol–water partition coefficient (Wildman–Crippen LogP) is 2.03. The summed E-state index contributed by atoms with van der Waals surface area (Å²) in [7, 11) is 0. The van der Waals surface area contributed by atoms with E-state index in [0.29, 0.717) is 0 Å². The third kappa shape index (κ3) is 1.22. The molecular weight excluding hydrogens is 188 g/mol. The van der Waals surface area contributed by atoms with Crippen molar-refractivity contribution >= 4 is 5.65 Å². The Bertz CT molecular complexity index is 591. The molecular formula is C11H10N4. The molecule has 1 N–H and O–H groups in total. The molecule has 0 radical (unpaired) electrons. The van der Waals surface area contributed by atoms with Crippen LogP contribution in [0.1, 0.15) is 5.82 Å². The average Bonchev–Trinajstić information content (AvgIpc) is 2.83. The van der Waals surface area contributed by atoms with Gasteiger partial charge in [-0.25, -0.2) is 0 Å². The zero-order chi connectivity index (χ0) is 10.3. The van der Waals surface area contributed by atoms with E-state index in [-0.39, 0.29) is 0 Å². The molecule has 0 atom stereocenters. The average molecular weight is 198 g/mol. The Morgan fingerprint density at radius 3 is 2.73 bits per heavy atom. The van der Waals surface area contributed by atoms with Gasteiger partial charge in [0.1, 0.15) is 5.82 Å². The maximum absolute atomic E-state index is 4.47. The number of nitrogens with zero attached hydrogens (tertiary/aromatic N) is 3. The molecule has 0 spiro atoms. The molecule has 2 aromatic heterocycles. The third-order valence-corrected chi connectivity index (χ3v) is 2.42. The highest BCUT2D eigenvalue weighted by atomic mass is 15.4. The van der Waals surface area contributed by atoms with Crippen molar-refractivity contribution in [3.8, 4) is 11.3 Å². The van der Waals surface area contributed by atoms with Gasteiger partial charge in [0.25, 0.3) is 0 Å². The van der Waals surface area contributed by atoms with E-state index >= 15 is 0 Å². The molecule has 2 heterocycles. The van der Waals surface area contributed by atoms with E-state index in [9.17, 15) is 0 Å². The number of benzene rings is 1. The first kappa shape index (κ1) is 8.23. The van der Waals surface area contributed by atoms with Crippen LogP contribution in [-0.4, -0.2) is 19.8 Å². The van der Waals surface area contributed by atoms with Crippen molar-refractivity contribution in [3.63, 3.8) is 0 Å². The number of nitrogens with one attached hydrogen (secondary N) is 1. The van der Waals surface area contributed by atoms with Crippen LogP contribution in [0.3, 0.4) is 0 Å². The fraction of sp³-hybridized carbons (Fsp3) is 0.0909. The summed E-state index contributed by atoms with van der Waals surface area (Å²) in [4.78, 5) is 0. The minimum Gasteiger partial charge on any atom is -0.259 e. The Morgan fingerprint density at radius 1 is 1.20 bits per heavy atom. The molecule has 0 aliphatic rings. The molecule has 0 unspecified atom stereocenters. The van der Waals surface area contributed by atoms with Gasteiger partial charge in [-0.3, -0.25) is 5.10 Å². The summed E-state index contributed by atoms with van der Waals surface area (Å²) < 4.78 is 1.81. The summed E-state index contributed by atoms with van der Waals surface area (Å²) in [6.45, 7) is 1.92. The van der Waals surface area contributed by atoms with Gasteiger partial charge < -0.3 is 0 Å². The maximum Gasteiger partial charge on any atom is 0.152 e. The van der Waals surface area contributed by atoms with Gasteiger partial charge >= 0.3 is 0 Å². The van der Waals surface area contributed by atoms with Crippen molar-refractivity contribution in [1.82, 2.24) is 19.8 Å². The summed E-state index contributed by atoms with van der Waals surface area (Å²) >= 11 is 0. The number of rotatable bonds is 1. The highest BCUT2D eigenvalue weighted by Gasteiger charge is 2.06. The molecule has 0 aliphatic heterocycles. The molecule has 0 bridgehead atoms. The first-order chi connectivity index (χ1) is 7.34. The maximum atomic E-state index is 4.47. The number of hydrogen-bond acceptors (Lipinski definition) is 2. The smallest absolute Gasteiger partial charge is 0.152 e. The van der Waals surface area contributed by atoms with Gasteiger partial charge in [0, 0.05) is 11.6 Å². The molecule has 4 heteroatoms. The van der Waals surface area contributed by atoms with Gasteiger partial charge in [-0.2, -0.15) is 14.7 Å². The lowest BCUT2D eigenvalue weighted by atomic mass is 10.2. The number of hydrogen-bond donors (Lipinski definition) is 1. The summed E-state index contributed by atoms with van der Waals surface area (Å²) in [5, 5.41) is 11.5. The first-order valence-electron chi connectivity index (χ1n) is 4.81. The highest BCUT2D eigenvalue weighted by Crippen LogP contribution is 2.18. The van der Waals surface area contributed by atoms with Crippen LogP contribution < -0.4 is 0 Å². The Hall–Kier alpha value is -2.10. The van der Waals surface area contributed by atoms with E-state index in [4.69, 9.17) is 0 Å². The second-order valence-electron chi connectivity index (χ2n) is 3.46. The lowest BCUT2D eigenvalue weighted by molar-refractivity contribution is 0.897. The largest absolute Gasteiger partial charge is 0.259 e. The van der Waals surface area contributed by atoms with Gasteiger partial charge in [0.15, 0.2) is 5.65 Å². The van der Waals surface area contributed by atoms with E-state index in [1.165, 1.54) is 0 Å². The summed E-state index contributed by atoms with van der Waals surface area (Å²) in [5.41, 5.74) is 3.01. The molecule has 0 saturated heterocycles. The molecule has 0 amide bonds. The van der Waals surface area contributed by atoms with Crippen LogP contribution in [0.15, 0.2) is 36.4 Å². The van der Waals surface area contributed by atoms with Crippen molar-refractivity contribution in [1.29, 1.82) is 0 Å². The normalized spacial score (nSPS) is 11.0. The van der Waals surface area contributed by atoms with E-state index in [2.05, 4.69) is 15.3 Å². The van der Waals surface area contributed by atoms with Crippen LogP contribution >= 0.6 is 0 Å². The summed E-state index contributed by atoms with van der Waals surface area (Å²) in [6, 6.07) is 12.1. The second-order valence-corrected chi connectivity index (χ2v) is 3.46. The molecule has 4 nitrogen and oxygen atoms in total. The predicted molar refractivity (Wildman–Crippen MR) is 57.5 cm³/mol. The number of fused-ring (bicyclic) bond motifs is 1. The molecule has 74 valence electrons. The number of aromatic amines is 1. The Labute approximate surface area is 86.6 Å². The molecule has 0 fully saturated rings. The molecule has 3 aromatic rings. The van der Waals surface area contributed by atoms with Crippen LogP contribution in [0.5, 0.6) is 0 Å². The SMILES string of the molecule is Cc1n[nH]c2cc(-c3ccccc3)nn12. The van der Waals surface area contributed by atoms with Gasteiger partial charge in [0.2, 0.25) is 0 Å². The summed E-state index contributed by atoms with van der Waals surface area (Å²) in [6.07, 6.45) is 0. The van der Waals surface area contributed by atoms with Crippen LogP contribution in [0.25, 0.3) is 16.9 Å². The Kier molecular flexibility index (Phi) is 1.62. The van der Waals surface area contributed by atoms with Crippen LogP contribution in [-0.2, 0) is 0 Å². The van der Waals surface area contributed by atoms with E-state index < -0.39 is 0 Å². The number of aromatic nitrogens is 4. The lowest BCUT2D eigenvalue weighted by Gasteiger charge is -1.93. The van der Waals surface area contributed by atoms with Gasteiger partial charge in [-0.05, 0) is 6.92 Å². The minimum absolute atomic E-state index is 0.868. The number of H-pyrrole nitrogens is 1. The van der Waals surface area contributed by atoms with Crippen molar-refractivity contribution in [2.24, 2.45) is 0 Å². The van der Waals surface area contributed by atoms with Crippen molar-refractivity contribution in [2.45, 2.75) is 6.92 Å². The zero-order valence-electron chi connectivity index (χ0n) is 8.31. The lowest BCUT2D eigenvalue weighted by Crippen LogP contribution is -1.88. The van der Waals surface area contributed by atoms with Crippen LogP contribution in [0.2, 0.25) is 0 Å². The first-order valence-corrected chi connectivity index (χ1v) is 4.81. The fourth-order valence-electron chi connectivity index (χ4n) is 1.64. The number of aryl methyl sites for hydroxylation is 1. The Balaban J connectivity index is 2.20. The molecule has 0 saturated carbocycles. The van der Waals surface area contributed by atoms with Crippen molar-refractivity contribution in [2.75, 3.05) is 0 Å². The van der Waals surface area contributed by atoms with Crippen molar-refractivity contribution < 1.29 is 0 Å². The van der Waals surface area contributed by atoms with Crippen molar-refractivity contribution in [3.05, 3.63) is 42.2 Å². The quantitative estimate of drug-likeness (QED) is 0.650. The standard InChI is InChI=1S/C11H10N4/c1-8-12-13-11-7-10(14-15(8)11)9-5-3-2-4-6-9/h2-7,13H,1H3. The topological polar surface area (TPSA) is 46.0 Å². The molecule has 1 aromatic carbocycles. The monoisotopic (exact) mass is 198 g/mol. The van der Waals surface area contributed by atoms with Crippen LogP contribution in [0, 0.1) is 6.92 Å². The van der Waals surface area contributed by atoms with Gasteiger partial charge in [-0.15, -0.1) is 0 Å². The third-order valence-electron chi connectivity index (χ3n) is 2.42. The van der Waals surface area contributed by atoms with Gasteiger partial charge in [0.05, 0.1) is 5.69 Å². The minimum atomic E-state index is 0.868. The van der Waals surface area contributed by atoms with E-state index in [1.807, 2.05) is 47.8 Å². The molecule has 15 heavy (non-hydrogen) atoms. The zero-order valence-corrected chi connectivity index (χ0v) is 8.31. The van der Waals surface area contributed by atoms with E-state index in [0.717, 1.165) is 22.7 Å². The highest BCUT2D eigenvalue weighted by molar-refractivity contribution is 5.63. The molecule has 3 rings (SSSR count). The second kappa shape index (κ2) is 2.95. The Morgan fingerprint density at radius 2 is 2.00 bits per heavy atom. The van der Waals surface area contributed by atoms with Gasteiger partial charge in [-0.1, -0.05) is 30.3 Å². The van der Waals surface area contributed by atoms with E-state index in [1.54, 1.807) is 0 Å². The van der Waals surface area contributed by atoms with Crippen LogP contribution in [0.4, 0.5) is 0 Å².